The summed E-state index contributed by atoms with van der Waals surface area (Å²) in [7, 11) is 1.71. The Morgan fingerprint density at radius 1 is 1.47 bits per heavy atom. The van der Waals surface area contributed by atoms with E-state index in [9.17, 15) is 9.90 Å². The van der Waals surface area contributed by atoms with Crippen molar-refractivity contribution in [2.75, 3.05) is 13.6 Å². The molecule has 0 radical (unpaired) electrons. The maximum atomic E-state index is 11.8. The number of likely N-dealkylation sites (tertiary alicyclic amines) is 1. The highest BCUT2D eigenvalue weighted by Gasteiger charge is 2.39. The van der Waals surface area contributed by atoms with Crippen LogP contribution in [0.2, 0.25) is 0 Å². The summed E-state index contributed by atoms with van der Waals surface area (Å²) >= 11 is 3.40. The number of benzene rings is 1. The first-order valence-corrected chi connectivity index (χ1v) is 5.58. The Kier molecular flexibility index (Phi) is 2.80. The highest BCUT2D eigenvalue weighted by atomic mass is 79.9. The second kappa shape index (κ2) is 3.94. The number of likely N-dealkylation sites (N-methyl/N-ethyl adjacent to an activating group) is 1. The number of hydrogen-bond acceptors (Lipinski definition) is 2. The Morgan fingerprint density at radius 3 is 2.67 bits per heavy atom. The van der Waals surface area contributed by atoms with E-state index in [1.807, 2.05) is 24.3 Å². The zero-order chi connectivity index (χ0) is 11.0. The number of nitrogens with zero attached hydrogens (tertiary/aromatic N) is 1. The molecular weight excluding hydrogens is 258 g/mol. The van der Waals surface area contributed by atoms with Crippen molar-refractivity contribution in [3.05, 3.63) is 34.3 Å². The molecule has 1 aromatic carbocycles. The Labute approximate surface area is 96.8 Å². The average Bonchev–Trinajstić information content (AvgIpc) is 2.43. The maximum Gasteiger partial charge on any atom is 0.232 e. The molecule has 2 rings (SSSR count). The molecule has 15 heavy (non-hydrogen) atoms. The second-order valence-electron chi connectivity index (χ2n) is 3.79. The number of amides is 1. The number of halogens is 1. The number of aliphatic hydroxyl groups excluding tert-OH is 1. The van der Waals surface area contributed by atoms with Crippen molar-refractivity contribution < 1.29 is 9.90 Å². The largest absolute Gasteiger partial charge is 0.390 e. The molecule has 2 unspecified atom stereocenters. The van der Waals surface area contributed by atoms with E-state index >= 15 is 0 Å². The summed E-state index contributed by atoms with van der Waals surface area (Å²) in [5, 5.41) is 9.82. The van der Waals surface area contributed by atoms with Crippen molar-refractivity contribution in [2.45, 2.75) is 12.0 Å². The summed E-state index contributed by atoms with van der Waals surface area (Å²) < 4.78 is 0.873. The Hall–Kier alpha value is -0.870. The molecule has 1 N–H and O–H groups in total. The molecule has 1 amide bonds. The topological polar surface area (TPSA) is 40.5 Å². The lowest BCUT2D eigenvalue weighted by Crippen LogP contribution is -2.21. The van der Waals surface area contributed by atoms with Gasteiger partial charge in [-0.2, -0.15) is 0 Å². The maximum absolute atomic E-state index is 11.8. The fourth-order valence-corrected chi connectivity index (χ4v) is 2.48. The molecule has 2 atom stereocenters. The third-order valence-corrected chi connectivity index (χ3v) is 3.45. The minimum Gasteiger partial charge on any atom is -0.390 e. The molecule has 1 fully saturated rings. The third-order valence-electron chi connectivity index (χ3n) is 2.73. The minimum absolute atomic E-state index is 0.0191. The van der Waals surface area contributed by atoms with Crippen molar-refractivity contribution in [1.29, 1.82) is 0 Å². The number of aliphatic hydroxyl groups is 1. The van der Waals surface area contributed by atoms with Crippen LogP contribution in [0, 0.1) is 0 Å². The second-order valence-corrected chi connectivity index (χ2v) is 4.64. The molecule has 0 saturated carbocycles. The zero-order valence-corrected chi connectivity index (χ0v) is 9.94. The van der Waals surface area contributed by atoms with Crippen molar-refractivity contribution in [2.24, 2.45) is 0 Å². The molecule has 80 valence electrons. The van der Waals surface area contributed by atoms with Gasteiger partial charge in [0, 0.05) is 18.1 Å². The van der Waals surface area contributed by atoms with Crippen LogP contribution in [0.5, 0.6) is 0 Å². The van der Waals surface area contributed by atoms with Crippen LogP contribution in [0.1, 0.15) is 11.5 Å². The zero-order valence-electron chi connectivity index (χ0n) is 8.35. The van der Waals surface area contributed by atoms with E-state index in [1.54, 1.807) is 11.9 Å². The smallest absolute Gasteiger partial charge is 0.232 e. The van der Waals surface area contributed by atoms with Gasteiger partial charge in [-0.25, -0.2) is 0 Å². The van der Waals surface area contributed by atoms with Gasteiger partial charge in [0.2, 0.25) is 5.91 Å². The molecular formula is C11H12BrNO2. The van der Waals surface area contributed by atoms with E-state index in [-0.39, 0.29) is 5.91 Å². The minimum atomic E-state index is -0.610. The van der Waals surface area contributed by atoms with Crippen molar-refractivity contribution in [3.63, 3.8) is 0 Å². The lowest BCUT2D eigenvalue weighted by molar-refractivity contribution is -0.128. The molecule has 4 heteroatoms. The van der Waals surface area contributed by atoms with Gasteiger partial charge in [-0.05, 0) is 11.6 Å². The van der Waals surface area contributed by atoms with Crippen LogP contribution in [0.15, 0.2) is 28.7 Å². The number of rotatable bonds is 1. The summed E-state index contributed by atoms with van der Waals surface area (Å²) in [4.78, 5) is 13.4. The first-order chi connectivity index (χ1) is 7.11. The fraction of sp³-hybridized carbons (Fsp3) is 0.364. The molecule has 0 spiro atoms. The van der Waals surface area contributed by atoms with Gasteiger partial charge in [-0.3, -0.25) is 4.79 Å². The van der Waals surface area contributed by atoms with Crippen LogP contribution in [-0.2, 0) is 4.79 Å². The van der Waals surface area contributed by atoms with Gasteiger partial charge in [0.1, 0.15) is 0 Å². The van der Waals surface area contributed by atoms with Crippen LogP contribution in [0.4, 0.5) is 0 Å². The first kappa shape index (κ1) is 10.6. The standard InChI is InChI=1S/C11H12BrNO2/c1-13-6-9(14)10(11(13)15)7-4-2-3-5-8(7)12/h2-5,9-10,14H,6H2,1H3. The van der Waals surface area contributed by atoms with Crippen LogP contribution in [0.25, 0.3) is 0 Å². The summed E-state index contributed by atoms with van der Waals surface area (Å²) in [6.45, 7) is 0.408. The van der Waals surface area contributed by atoms with Crippen LogP contribution in [-0.4, -0.2) is 35.6 Å². The number of carbonyl (C=O) groups is 1. The lowest BCUT2D eigenvalue weighted by Gasteiger charge is -2.13. The average molecular weight is 270 g/mol. The fourth-order valence-electron chi connectivity index (χ4n) is 1.95. The van der Waals surface area contributed by atoms with E-state index in [0.717, 1.165) is 10.0 Å². The summed E-state index contributed by atoms with van der Waals surface area (Å²) in [5.74, 6) is -0.444. The van der Waals surface area contributed by atoms with E-state index in [2.05, 4.69) is 15.9 Å². The van der Waals surface area contributed by atoms with Crippen molar-refractivity contribution in [1.82, 2.24) is 4.90 Å². The molecule has 1 aromatic rings. The van der Waals surface area contributed by atoms with Gasteiger partial charge in [0.05, 0.1) is 12.0 Å². The highest BCUT2D eigenvalue weighted by Crippen LogP contribution is 2.32. The van der Waals surface area contributed by atoms with Gasteiger partial charge in [-0.1, -0.05) is 34.1 Å². The predicted molar refractivity (Wildman–Crippen MR) is 60.5 cm³/mol. The number of carbonyl (C=O) groups excluding carboxylic acids is 1. The van der Waals surface area contributed by atoms with E-state index in [0.29, 0.717) is 6.54 Å². The quantitative estimate of drug-likeness (QED) is 0.837. The summed E-state index contributed by atoms with van der Waals surface area (Å²) in [6, 6.07) is 7.52. The highest BCUT2D eigenvalue weighted by molar-refractivity contribution is 9.10. The molecule has 1 aliphatic rings. The molecule has 1 heterocycles. The van der Waals surface area contributed by atoms with Crippen molar-refractivity contribution >= 4 is 21.8 Å². The molecule has 0 aromatic heterocycles. The van der Waals surface area contributed by atoms with E-state index < -0.39 is 12.0 Å². The van der Waals surface area contributed by atoms with Gasteiger partial charge in [0.25, 0.3) is 0 Å². The van der Waals surface area contributed by atoms with E-state index in [4.69, 9.17) is 0 Å². The molecule has 0 aliphatic carbocycles. The van der Waals surface area contributed by atoms with E-state index in [1.165, 1.54) is 0 Å². The number of hydrogen-bond donors (Lipinski definition) is 1. The summed E-state index contributed by atoms with van der Waals surface area (Å²) in [6.07, 6.45) is -0.610. The number of β-amino-alcohol motifs (C(OH)–C–C–N with tert-alkyl or cyclic N) is 1. The van der Waals surface area contributed by atoms with Gasteiger partial charge in [-0.15, -0.1) is 0 Å². The molecule has 1 aliphatic heterocycles. The van der Waals surface area contributed by atoms with Gasteiger partial charge >= 0.3 is 0 Å². The molecule has 1 saturated heterocycles. The monoisotopic (exact) mass is 269 g/mol. The normalized spacial score (nSPS) is 26.1. The Bertz CT molecular complexity index is 394. The summed E-state index contributed by atoms with van der Waals surface area (Å²) in [5.41, 5.74) is 0.861. The molecule has 3 nitrogen and oxygen atoms in total. The molecule has 0 bridgehead atoms. The SMILES string of the molecule is CN1CC(O)C(c2ccccc2Br)C1=O. The van der Waals surface area contributed by atoms with Crippen LogP contribution >= 0.6 is 15.9 Å². The predicted octanol–water partition coefficient (Wildman–Crippen LogP) is 1.37. The van der Waals surface area contributed by atoms with Gasteiger partial charge < -0.3 is 10.0 Å². The van der Waals surface area contributed by atoms with Crippen LogP contribution < -0.4 is 0 Å². The Balaban J connectivity index is 2.39. The first-order valence-electron chi connectivity index (χ1n) is 4.78. The third kappa shape index (κ3) is 1.79. The van der Waals surface area contributed by atoms with Crippen LogP contribution in [0.3, 0.4) is 0 Å². The Morgan fingerprint density at radius 2 is 2.13 bits per heavy atom. The lowest BCUT2D eigenvalue weighted by atomic mass is 9.96. The van der Waals surface area contributed by atoms with Gasteiger partial charge in [0.15, 0.2) is 0 Å². The van der Waals surface area contributed by atoms with Crippen molar-refractivity contribution in [3.8, 4) is 0 Å².